The van der Waals surface area contributed by atoms with Crippen LogP contribution >= 0.6 is 0 Å². The minimum atomic E-state index is -1.07. The Morgan fingerprint density at radius 2 is 2.06 bits per heavy atom. The smallest absolute Gasteiger partial charge is 0.337 e. The number of aromatic carboxylic acids is 1. The second-order valence-corrected chi connectivity index (χ2v) is 3.47. The third-order valence-electron chi connectivity index (χ3n) is 2.31. The lowest BCUT2D eigenvalue weighted by molar-refractivity contribution is 0.0697. The Balaban J connectivity index is 2.88. The van der Waals surface area contributed by atoms with E-state index in [0.717, 1.165) is 0 Å². The summed E-state index contributed by atoms with van der Waals surface area (Å²) < 4.78 is 0. The van der Waals surface area contributed by atoms with Gasteiger partial charge in [-0.2, -0.15) is 0 Å². The first-order valence-electron chi connectivity index (χ1n) is 5.31. The van der Waals surface area contributed by atoms with Gasteiger partial charge in [-0.15, -0.1) is 5.92 Å². The summed E-state index contributed by atoms with van der Waals surface area (Å²) in [6.07, 6.45) is 0. The van der Waals surface area contributed by atoms with Gasteiger partial charge in [0.25, 0.3) is 0 Å². The van der Waals surface area contributed by atoms with Gasteiger partial charge in [-0.1, -0.05) is 18.1 Å². The molecule has 0 aliphatic rings. The Morgan fingerprint density at radius 3 is 2.67 bits per heavy atom. The highest BCUT2D eigenvalue weighted by Crippen LogP contribution is 2.18. The molecule has 5 heteroatoms. The standard InChI is InChI=1S/C13H14N2O3/c1-3-4-9-14-13(18)15(2)11-8-6-5-7-10(11)12(16)17/h5-8H,9H2,1-2H3,(H,14,18)(H,16,17). The molecule has 5 nitrogen and oxygen atoms in total. The van der Waals surface area contributed by atoms with E-state index in [0.29, 0.717) is 5.69 Å². The summed E-state index contributed by atoms with van der Waals surface area (Å²) in [7, 11) is 1.51. The van der Waals surface area contributed by atoms with Gasteiger partial charge in [0.05, 0.1) is 17.8 Å². The number of carbonyl (C=O) groups is 2. The zero-order valence-electron chi connectivity index (χ0n) is 10.2. The molecule has 1 aromatic rings. The zero-order valence-corrected chi connectivity index (χ0v) is 10.2. The normalized spacial score (nSPS) is 9.00. The van der Waals surface area contributed by atoms with Crippen molar-refractivity contribution in [3.63, 3.8) is 0 Å². The third kappa shape index (κ3) is 3.25. The van der Waals surface area contributed by atoms with Gasteiger partial charge in [0.15, 0.2) is 0 Å². The van der Waals surface area contributed by atoms with Crippen LogP contribution in [0.1, 0.15) is 17.3 Å². The number of carbonyl (C=O) groups excluding carboxylic acids is 1. The average molecular weight is 246 g/mol. The van der Waals surface area contributed by atoms with Crippen LogP contribution in [-0.4, -0.2) is 30.7 Å². The fourth-order valence-corrected chi connectivity index (χ4v) is 1.38. The van der Waals surface area contributed by atoms with Crippen molar-refractivity contribution in [1.29, 1.82) is 0 Å². The van der Waals surface area contributed by atoms with Crippen molar-refractivity contribution in [3.8, 4) is 11.8 Å². The number of hydrogen-bond acceptors (Lipinski definition) is 2. The molecular formula is C13H14N2O3. The highest BCUT2D eigenvalue weighted by molar-refractivity contribution is 6.01. The van der Waals surface area contributed by atoms with E-state index in [9.17, 15) is 9.59 Å². The van der Waals surface area contributed by atoms with Crippen molar-refractivity contribution < 1.29 is 14.7 Å². The second kappa shape index (κ2) is 6.30. The highest BCUT2D eigenvalue weighted by Gasteiger charge is 2.16. The number of nitrogens with zero attached hydrogens (tertiary/aromatic N) is 1. The van der Waals surface area contributed by atoms with Crippen molar-refractivity contribution in [3.05, 3.63) is 29.8 Å². The summed E-state index contributed by atoms with van der Waals surface area (Å²) in [4.78, 5) is 24.0. The molecular weight excluding hydrogens is 232 g/mol. The number of urea groups is 1. The van der Waals surface area contributed by atoms with Gasteiger partial charge in [-0.3, -0.25) is 4.90 Å². The lowest BCUT2D eigenvalue weighted by Crippen LogP contribution is -2.38. The van der Waals surface area contributed by atoms with Crippen molar-refractivity contribution in [2.75, 3.05) is 18.5 Å². The molecule has 0 bridgehead atoms. The van der Waals surface area contributed by atoms with Crippen LogP contribution in [0.25, 0.3) is 0 Å². The minimum absolute atomic E-state index is 0.0803. The van der Waals surface area contributed by atoms with E-state index in [4.69, 9.17) is 5.11 Å². The summed E-state index contributed by atoms with van der Waals surface area (Å²) in [5.74, 6) is 4.28. The van der Waals surface area contributed by atoms with Gasteiger partial charge < -0.3 is 10.4 Å². The Kier molecular flexibility index (Phi) is 4.76. The SMILES string of the molecule is CC#CCNC(=O)N(C)c1ccccc1C(=O)O. The van der Waals surface area contributed by atoms with Crippen LogP contribution in [0.5, 0.6) is 0 Å². The summed E-state index contributed by atoms with van der Waals surface area (Å²) in [5.41, 5.74) is 0.420. The second-order valence-electron chi connectivity index (χ2n) is 3.47. The molecule has 0 atom stereocenters. The van der Waals surface area contributed by atoms with E-state index in [-0.39, 0.29) is 12.1 Å². The van der Waals surface area contributed by atoms with Gasteiger partial charge in [0.2, 0.25) is 0 Å². The Labute approximate surface area is 105 Å². The molecule has 0 spiro atoms. The van der Waals surface area contributed by atoms with Crippen molar-refractivity contribution >= 4 is 17.7 Å². The number of carboxylic acid groups (broad SMARTS) is 1. The molecule has 0 aliphatic heterocycles. The topological polar surface area (TPSA) is 69.6 Å². The van der Waals surface area contributed by atoms with Crippen LogP contribution in [0.3, 0.4) is 0 Å². The van der Waals surface area contributed by atoms with E-state index < -0.39 is 12.0 Å². The van der Waals surface area contributed by atoms with Gasteiger partial charge in [-0.25, -0.2) is 9.59 Å². The summed E-state index contributed by atoms with van der Waals surface area (Å²) in [6.45, 7) is 1.91. The van der Waals surface area contributed by atoms with Crippen LogP contribution in [0.4, 0.5) is 10.5 Å². The molecule has 94 valence electrons. The molecule has 0 saturated carbocycles. The fraction of sp³-hybridized carbons (Fsp3) is 0.231. The Morgan fingerprint density at radius 1 is 1.39 bits per heavy atom. The number of rotatable bonds is 3. The Hall–Kier alpha value is -2.48. The monoisotopic (exact) mass is 246 g/mol. The first kappa shape index (κ1) is 13.6. The number of amides is 2. The number of anilines is 1. The number of benzene rings is 1. The quantitative estimate of drug-likeness (QED) is 0.795. The van der Waals surface area contributed by atoms with Crippen molar-refractivity contribution in [2.24, 2.45) is 0 Å². The molecule has 18 heavy (non-hydrogen) atoms. The first-order chi connectivity index (χ1) is 8.57. The summed E-state index contributed by atoms with van der Waals surface area (Å²) in [6, 6.07) is 5.92. The van der Waals surface area contributed by atoms with Crippen LogP contribution in [-0.2, 0) is 0 Å². The molecule has 2 N–H and O–H groups in total. The molecule has 1 rings (SSSR count). The maximum absolute atomic E-state index is 11.7. The van der Waals surface area contributed by atoms with E-state index in [1.54, 1.807) is 25.1 Å². The molecule has 0 saturated heterocycles. The Bertz CT molecular complexity index is 514. The average Bonchev–Trinajstić information content (AvgIpc) is 2.38. The minimum Gasteiger partial charge on any atom is -0.478 e. The number of nitrogens with one attached hydrogen (secondary N) is 1. The van der Waals surface area contributed by atoms with Crippen LogP contribution in [0.2, 0.25) is 0 Å². The van der Waals surface area contributed by atoms with Crippen molar-refractivity contribution in [2.45, 2.75) is 6.92 Å². The molecule has 1 aromatic carbocycles. The van der Waals surface area contributed by atoms with Crippen LogP contribution in [0, 0.1) is 11.8 Å². The third-order valence-corrected chi connectivity index (χ3v) is 2.31. The van der Waals surface area contributed by atoms with E-state index in [1.807, 2.05) is 0 Å². The maximum Gasteiger partial charge on any atom is 0.337 e. The largest absolute Gasteiger partial charge is 0.478 e. The molecule has 0 aromatic heterocycles. The summed E-state index contributed by atoms with van der Waals surface area (Å²) >= 11 is 0. The van der Waals surface area contributed by atoms with Gasteiger partial charge in [0, 0.05) is 7.05 Å². The molecule has 2 amide bonds. The lowest BCUT2D eigenvalue weighted by Gasteiger charge is -2.19. The zero-order chi connectivity index (χ0) is 13.5. The van der Waals surface area contributed by atoms with E-state index >= 15 is 0 Å². The predicted octanol–water partition coefficient (Wildman–Crippen LogP) is 1.55. The number of carboxylic acids is 1. The molecule has 0 unspecified atom stereocenters. The fourth-order valence-electron chi connectivity index (χ4n) is 1.38. The number of hydrogen-bond donors (Lipinski definition) is 2. The highest BCUT2D eigenvalue weighted by atomic mass is 16.4. The van der Waals surface area contributed by atoms with Crippen LogP contribution in [0.15, 0.2) is 24.3 Å². The summed E-state index contributed by atoms with van der Waals surface area (Å²) in [5, 5.41) is 11.6. The lowest BCUT2D eigenvalue weighted by atomic mass is 10.1. The maximum atomic E-state index is 11.7. The number of para-hydroxylation sites is 1. The molecule has 0 aliphatic carbocycles. The molecule has 0 fully saturated rings. The van der Waals surface area contributed by atoms with E-state index in [1.165, 1.54) is 18.0 Å². The van der Waals surface area contributed by atoms with E-state index in [2.05, 4.69) is 17.2 Å². The van der Waals surface area contributed by atoms with Gasteiger partial charge >= 0.3 is 12.0 Å². The van der Waals surface area contributed by atoms with Crippen molar-refractivity contribution in [1.82, 2.24) is 5.32 Å². The molecule has 0 heterocycles. The van der Waals surface area contributed by atoms with Gasteiger partial charge in [-0.05, 0) is 19.1 Å². The first-order valence-corrected chi connectivity index (χ1v) is 5.31. The van der Waals surface area contributed by atoms with Gasteiger partial charge in [0.1, 0.15) is 0 Å². The molecule has 0 radical (unpaired) electrons. The van der Waals surface area contributed by atoms with Crippen LogP contribution < -0.4 is 10.2 Å². The predicted molar refractivity (Wildman–Crippen MR) is 68.7 cm³/mol.